The number of halogens is 1. The van der Waals surface area contributed by atoms with Gasteiger partial charge in [0.05, 0.1) is 18.5 Å². The Morgan fingerprint density at radius 2 is 1.96 bits per heavy atom. The topological polar surface area (TPSA) is 56.1 Å². The summed E-state index contributed by atoms with van der Waals surface area (Å²) in [5, 5.41) is 8.30. The molecule has 3 aromatic rings. The van der Waals surface area contributed by atoms with Crippen LogP contribution in [0.25, 0.3) is 16.9 Å². The van der Waals surface area contributed by atoms with Crippen molar-refractivity contribution in [3.8, 4) is 22.7 Å². The normalized spacial score (nSPS) is 11.9. The monoisotopic (exact) mass is 383 g/mol. The summed E-state index contributed by atoms with van der Waals surface area (Å²) in [4.78, 5) is 12.8. The van der Waals surface area contributed by atoms with Gasteiger partial charge in [0.15, 0.2) is 0 Å². The summed E-state index contributed by atoms with van der Waals surface area (Å²) in [6.07, 6.45) is 0.851. The van der Waals surface area contributed by atoms with Crippen LogP contribution >= 0.6 is 11.6 Å². The first kappa shape index (κ1) is 19.0. The molecule has 0 saturated carbocycles. The Morgan fingerprint density at radius 3 is 2.63 bits per heavy atom. The quantitative estimate of drug-likeness (QED) is 0.669. The van der Waals surface area contributed by atoms with E-state index < -0.39 is 0 Å². The Labute approximate surface area is 163 Å². The molecule has 3 rings (SSSR count). The van der Waals surface area contributed by atoms with Gasteiger partial charge in [-0.15, -0.1) is 0 Å². The second kappa shape index (κ2) is 8.27. The predicted molar refractivity (Wildman–Crippen MR) is 108 cm³/mol. The van der Waals surface area contributed by atoms with Crippen LogP contribution in [0, 0.1) is 0 Å². The summed E-state index contributed by atoms with van der Waals surface area (Å²) in [7, 11) is 1.62. The van der Waals surface area contributed by atoms with Gasteiger partial charge in [0, 0.05) is 16.6 Å². The van der Waals surface area contributed by atoms with Gasteiger partial charge in [-0.25, -0.2) is 4.68 Å². The molecule has 27 heavy (non-hydrogen) atoms. The molecule has 140 valence electrons. The highest BCUT2D eigenvalue weighted by molar-refractivity contribution is 6.30. The Hall–Kier alpha value is -2.79. The van der Waals surface area contributed by atoms with Crippen LogP contribution in [0.15, 0.2) is 54.6 Å². The molecule has 0 unspecified atom stereocenters. The maximum atomic E-state index is 12.8. The van der Waals surface area contributed by atoms with Gasteiger partial charge in [0.2, 0.25) is 0 Å². The lowest BCUT2D eigenvalue weighted by molar-refractivity contribution is 0.0931. The molecule has 0 bridgehead atoms. The molecule has 5 nitrogen and oxygen atoms in total. The highest BCUT2D eigenvalue weighted by Crippen LogP contribution is 2.25. The summed E-state index contributed by atoms with van der Waals surface area (Å²) in [6, 6.07) is 16.7. The van der Waals surface area contributed by atoms with E-state index in [2.05, 4.69) is 10.4 Å². The van der Waals surface area contributed by atoms with Crippen molar-refractivity contribution in [3.63, 3.8) is 0 Å². The molecule has 6 heteroatoms. The minimum Gasteiger partial charge on any atom is -0.497 e. The molecule has 1 atom stereocenters. The summed E-state index contributed by atoms with van der Waals surface area (Å²) >= 11 is 6.00. The smallest absolute Gasteiger partial charge is 0.270 e. The fourth-order valence-electron chi connectivity index (χ4n) is 2.65. The van der Waals surface area contributed by atoms with Crippen molar-refractivity contribution in [2.45, 2.75) is 26.3 Å². The van der Waals surface area contributed by atoms with Crippen molar-refractivity contribution in [2.75, 3.05) is 7.11 Å². The second-order valence-electron chi connectivity index (χ2n) is 6.32. The molecule has 0 radical (unpaired) electrons. The summed E-state index contributed by atoms with van der Waals surface area (Å²) in [5.41, 5.74) is 2.80. The number of hydrogen-bond acceptors (Lipinski definition) is 3. The molecule has 0 saturated heterocycles. The van der Waals surface area contributed by atoms with E-state index in [9.17, 15) is 4.79 Å². The highest BCUT2D eigenvalue weighted by atomic mass is 35.5. The van der Waals surface area contributed by atoms with Gasteiger partial charge in [-0.05, 0) is 55.8 Å². The van der Waals surface area contributed by atoms with E-state index in [1.54, 1.807) is 30.0 Å². The van der Waals surface area contributed by atoms with Crippen molar-refractivity contribution in [1.82, 2.24) is 15.1 Å². The van der Waals surface area contributed by atoms with Gasteiger partial charge in [0.1, 0.15) is 11.4 Å². The number of aromatic nitrogens is 2. The van der Waals surface area contributed by atoms with Gasteiger partial charge < -0.3 is 10.1 Å². The number of methoxy groups -OCH3 is 1. The Morgan fingerprint density at radius 1 is 1.22 bits per heavy atom. The molecular weight excluding hydrogens is 362 g/mol. The van der Waals surface area contributed by atoms with E-state index >= 15 is 0 Å². The molecule has 0 fully saturated rings. The van der Waals surface area contributed by atoms with Crippen LogP contribution in [0.3, 0.4) is 0 Å². The Kier molecular flexibility index (Phi) is 5.81. The molecule has 1 aromatic heterocycles. The van der Waals surface area contributed by atoms with E-state index in [4.69, 9.17) is 16.3 Å². The lowest BCUT2D eigenvalue weighted by Gasteiger charge is -2.12. The first-order valence-corrected chi connectivity index (χ1v) is 9.21. The van der Waals surface area contributed by atoms with Crippen LogP contribution in [0.5, 0.6) is 5.75 Å². The van der Waals surface area contributed by atoms with Crippen LogP contribution < -0.4 is 10.1 Å². The molecule has 0 aliphatic carbocycles. The highest BCUT2D eigenvalue weighted by Gasteiger charge is 2.19. The fraction of sp³-hybridized carbons (Fsp3) is 0.238. The number of rotatable bonds is 6. The number of nitrogens with zero attached hydrogens (tertiary/aromatic N) is 2. The molecule has 0 spiro atoms. The standard InChI is InChI=1S/C21H22ClN3O2/c1-4-14(2)23-21(26)20-13-19(15-6-5-7-18(12-15)27-3)24-25(20)17-10-8-16(22)9-11-17/h5-14H,4H2,1-3H3,(H,23,26)/t14-/m0/s1. The van der Waals surface area contributed by atoms with Crippen LogP contribution in [0.2, 0.25) is 5.02 Å². The van der Waals surface area contributed by atoms with Gasteiger partial charge in [-0.3, -0.25) is 4.79 Å². The lowest BCUT2D eigenvalue weighted by Crippen LogP contribution is -2.33. The van der Waals surface area contributed by atoms with Crippen molar-refractivity contribution in [3.05, 3.63) is 65.3 Å². The Balaban J connectivity index is 2.07. The molecule has 1 amide bonds. The lowest BCUT2D eigenvalue weighted by atomic mass is 10.1. The number of nitrogens with one attached hydrogen (secondary N) is 1. The minimum atomic E-state index is -0.166. The molecule has 1 heterocycles. The number of carbonyl (C=O) groups excluding carboxylic acids is 1. The average molecular weight is 384 g/mol. The van der Waals surface area contributed by atoms with Gasteiger partial charge in [-0.2, -0.15) is 5.10 Å². The predicted octanol–water partition coefficient (Wildman–Crippen LogP) is 4.73. The van der Waals surface area contributed by atoms with Crippen molar-refractivity contribution >= 4 is 17.5 Å². The van der Waals surface area contributed by atoms with Crippen LogP contribution in [0.1, 0.15) is 30.8 Å². The van der Waals surface area contributed by atoms with Gasteiger partial charge in [-0.1, -0.05) is 30.7 Å². The zero-order valence-electron chi connectivity index (χ0n) is 15.6. The second-order valence-corrected chi connectivity index (χ2v) is 6.75. The van der Waals surface area contributed by atoms with Crippen molar-refractivity contribution in [1.29, 1.82) is 0 Å². The van der Waals surface area contributed by atoms with Crippen molar-refractivity contribution < 1.29 is 9.53 Å². The number of carbonyl (C=O) groups is 1. The third-order valence-corrected chi connectivity index (χ3v) is 4.62. The maximum Gasteiger partial charge on any atom is 0.270 e. The number of ether oxygens (including phenoxy) is 1. The van der Waals surface area contributed by atoms with Gasteiger partial charge >= 0.3 is 0 Å². The number of hydrogen-bond donors (Lipinski definition) is 1. The van der Waals surface area contributed by atoms with Crippen LogP contribution in [-0.2, 0) is 0 Å². The fourth-order valence-corrected chi connectivity index (χ4v) is 2.77. The van der Waals surface area contributed by atoms with Crippen molar-refractivity contribution in [2.24, 2.45) is 0 Å². The molecule has 0 aliphatic rings. The minimum absolute atomic E-state index is 0.0753. The summed E-state index contributed by atoms with van der Waals surface area (Å²) < 4.78 is 6.94. The largest absolute Gasteiger partial charge is 0.497 e. The molecule has 0 aliphatic heterocycles. The third kappa shape index (κ3) is 4.31. The van der Waals surface area contributed by atoms with E-state index in [0.717, 1.165) is 23.4 Å². The summed E-state index contributed by atoms with van der Waals surface area (Å²) in [5.74, 6) is 0.570. The summed E-state index contributed by atoms with van der Waals surface area (Å²) in [6.45, 7) is 4.01. The third-order valence-electron chi connectivity index (χ3n) is 4.37. The zero-order chi connectivity index (χ0) is 19.4. The Bertz CT molecular complexity index is 935. The first-order chi connectivity index (χ1) is 13.0. The van der Waals surface area contributed by atoms with Gasteiger partial charge in [0.25, 0.3) is 5.91 Å². The van der Waals surface area contributed by atoms with E-state index in [1.165, 1.54) is 0 Å². The van der Waals surface area contributed by atoms with Crippen LogP contribution in [0.4, 0.5) is 0 Å². The molecule has 2 aromatic carbocycles. The number of amides is 1. The SMILES string of the molecule is CC[C@H](C)NC(=O)c1cc(-c2cccc(OC)c2)nn1-c1ccc(Cl)cc1. The van der Waals surface area contributed by atoms with Crippen LogP contribution in [-0.4, -0.2) is 28.8 Å². The van der Waals surface area contributed by atoms with E-state index in [1.807, 2.05) is 50.2 Å². The van der Waals surface area contributed by atoms with E-state index in [-0.39, 0.29) is 11.9 Å². The first-order valence-electron chi connectivity index (χ1n) is 8.83. The van der Waals surface area contributed by atoms with E-state index in [0.29, 0.717) is 16.4 Å². The average Bonchev–Trinajstić information content (AvgIpc) is 3.14. The maximum absolute atomic E-state index is 12.8. The molecular formula is C21H22ClN3O2. The number of benzene rings is 2. The molecule has 1 N–H and O–H groups in total. The zero-order valence-corrected chi connectivity index (χ0v) is 16.3.